The fourth-order valence-corrected chi connectivity index (χ4v) is 4.09. The number of likely N-dealkylation sites (N-methyl/N-ethyl adjacent to an activating group) is 1. The lowest BCUT2D eigenvalue weighted by Crippen LogP contribution is -2.46. The number of piperazine rings is 1. The highest BCUT2D eigenvalue weighted by Gasteiger charge is 2.25. The number of thiazole rings is 1. The Morgan fingerprint density at radius 2 is 2.00 bits per heavy atom. The van der Waals surface area contributed by atoms with Gasteiger partial charge in [-0.15, -0.1) is 11.3 Å². The van der Waals surface area contributed by atoms with Crippen molar-refractivity contribution in [3.05, 3.63) is 44.4 Å². The lowest BCUT2D eigenvalue weighted by molar-refractivity contribution is -0.385. The minimum Gasteiger partial charge on any atom is -0.493 e. The van der Waals surface area contributed by atoms with Gasteiger partial charge in [-0.25, -0.2) is 4.98 Å². The maximum absolute atomic E-state index is 12.7. The molecule has 1 aromatic carbocycles. The van der Waals surface area contributed by atoms with E-state index < -0.39 is 10.8 Å². The van der Waals surface area contributed by atoms with Crippen molar-refractivity contribution in [2.24, 2.45) is 0 Å². The third-order valence-corrected chi connectivity index (χ3v) is 6.07. The topological polar surface area (TPSA) is 110 Å². The Morgan fingerprint density at radius 3 is 2.62 bits per heavy atom. The Kier molecular flexibility index (Phi) is 8.77. The first-order valence-electron chi connectivity index (χ1n) is 10.6. The van der Waals surface area contributed by atoms with E-state index in [0.29, 0.717) is 12.2 Å². The van der Waals surface area contributed by atoms with Crippen molar-refractivity contribution in [3.8, 4) is 11.5 Å². The Hall–Kier alpha value is -2.76. The number of carbonyl (C=O) groups excluding carboxylic acids is 1. The van der Waals surface area contributed by atoms with E-state index in [1.165, 1.54) is 30.6 Å². The first-order chi connectivity index (χ1) is 15.5. The summed E-state index contributed by atoms with van der Waals surface area (Å²) in [6, 6.07) is 2.58. The van der Waals surface area contributed by atoms with Crippen LogP contribution >= 0.6 is 11.3 Å². The van der Waals surface area contributed by atoms with Gasteiger partial charge in [0.2, 0.25) is 0 Å². The Morgan fingerprint density at radius 1 is 1.25 bits per heavy atom. The lowest BCUT2D eigenvalue weighted by Gasteiger charge is -2.33. The smallest absolute Gasteiger partial charge is 0.286 e. The average Bonchev–Trinajstić information content (AvgIpc) is 3.33. The summed E-state index contributed by atoms with van der Waals surface area (Å²) >= 11 is 1.43. The summed E-state index contributed by atoms with van der Waals surface area (Å²) in [5, 5.41) is 16.2. The van der Waals surface area contributed by atoms with Gasteiger partial charge in [0.15, 0.2) is 11.5 Å². The predicted molar refractivity (Wildman–Crippen MR) is 122 cm³/mol. The zero-order chi connectivity index (χ0) is 22.9. The molecule has 3 rings (SSSR count). The van der Waals surface area contributed by atoms with Crippen molar-refractivity contribution in [2.75, 3.05) is 52.9 Å². The van der Waals surface area contributed by atoms with E-state index in [1.807, 2.05) is 5.38 Å². The molecular weight excluding hydrogens is 434 g/mol. The maximum Gasteiger partial charge on any atom is 0.286 e. The van der Waals surface area contributed by atoms with Crippen LogP contribution in [0.5, 0.6) is 11.5 Å². The maximum atomic E-state index is 12.7. The molecule has 10 nitrogen and oxygen atoms in total. The van der Waals surface area contributed by atoms with Gasteiger partial charge in [0.05, 0.1) is 29.3 Å². The molecule has 0 unspecified atom stereocenters. The molecule has 1 N–H and O–H groups in total. The fraction of sp³-hybridized carbons (Fsp3) is 0.524. The third kappa shape index (κ3) is 6.38. The Bertz CT molecular complexity index is 900. The number of ether oxygens (including phenoxy) is 2. The summed E-state index contributed by atoms with van der Waals surface area (Å²) in [7, 11) is 1.43. The van der Waals surface area contributed by atoms with Crippen LogP contribution in [0.15, 0.2) is 23.0 Å². The summed E-state index contributed by atoms with van der Waals surface area (Å²) in [5.41, 5.74) is 2.01. The quantitative estimate of drug-likeness (QED) is 0.307. The summed E-state index contributed by atoms with van der Waals surface area (Å²) in [4.78, 5) is 32.6. The van der Waals surface area contributed by atoms with Crippen LogP contribution in [-0.2, 0) is 6.61 Å². The van der Waals surface area contributed by atoms with E-state index >= 15 is 0 Å². The van der Waals surface area contributed by atoms with Crippen LogP contribution in [0.25, 0.3) is 0 Å². The van der Waals surface area contributed by atoms with Crippen LogP contribution in [0.2, 0.25) is 0 Å². The lowest BCUT2D eigenvalue weighted by atomic mass is 10.1. The number of amides is 1. The number of nitro groups is 1. The van der Waals surface area contributed by atoms with Crippen molar-refractivity contribution in [1.29, 1.82) is 0 Å². The van der Waals surface area contributed by atoms with Gasteiger partial charge < -0.3 is 24.6 Å². The minimum atomic E-state index is -0.586. The number of rotatable bonds is 11. The molecule has 11 heteroatoms. The monoisotopic (exact) mass is 463 g/mol. The van der Waals surface area contributed by atoms with Crippen LogP contribution in [0.3, 0.4) is 0 Å². The number of carbonyl (C=O) groups is 1. The Balaban J connectivity index is 1.58. The van der Waals surface area contributed by atoms with Crippen LogP contribution in [0.4, 0.5) is 5.69 Å². The van der Waals surface area contributed by atoms with Gasteiger partial charge in [-0.1, -0.05) is 6.92 Å². The number of hydrogen-bond donors (Lipinski definition) is 1. The second-order valence-corrected chi connectivity index (χ2v) is 8.15. The van der Waals surface area contributed by atoms with Gasteiger partial charge >= 0.3 is 0 Å². The molecule has 2 heterocycles. The molecule has 1 saturated heterocycles. The molecule has 0 radical (unpaired) electrons. The Labute approximate surface area is 191 Å². The molecule has 174 valence electrons. The predicted octanol–water partition coefficient (Wildman–Crippen LogP) is 2.40. The molecule has 2 aromatic rings. The van der Waals surface area contributed by atoms with E-state index in [4.69, 9.17) is 9.47 Å². The summed E-state index contributed by atoms with van der Waals surface area (Å²) < 4.78 is 11.0. The molecule has 0 atom stereocenters. The van der Waals surface area contributed by atoms with Gasteiger partial charge in [0, 0.05) is 44.2 Å². The van der Waals surface area contributed by atoms with Gasteiger partial charge in [-0.2, -0.15) is 0 Å². The molecule has 1 aromatic heterocycles. The SMILES string of the molecule is CCN1CCN(CCCNC(=O)c2cc(OC)c(OCc3cscn3)cc2[N+](=O)[O-])CC1. The highest BCUT2D eigenvalue weighted by atomic mass is 32.1. The highest BCUT2D eigenvalue weighted by Crippen LogP contribution is 2.35. The third-order valence-electron chi connectivity index (χ3n) is 5.43. The van der Waals surface area contributed by atoms with Crippen LogP contribution < -0.4 is 14.8 Å². The van der Waals surface area contributed by atoms with E-state index in [0.717, 1.165) is 45.7 Å². The molecule has 1 aliphatic heterocycles. The molecule has 1 aliphatic rings. The molecule has 1 amide bonds. The van der Waals surface area contributed by atoms with Crippen molar-refractivity contribution in [2.45, 2.75) is 20.0 Å². The summed E-state index contributed by atoms with van der Waals surface area (Å²) in [6.07, 6.45) is 0.775. The standard InChI is InChI=1S/C21H29N5O5S/c1-3-24-7-9-25(10-8-24)6-4-5-22-21(27)17-11-19(30-2)20(12-18(17)26(28)29)31-13-16-14-32-15-23-16/h11-12,14-15H,3-10,13H2,1-2H3,(H,22,27). The van der Waals surface area contributed by atoms with E-state index in [9.17, 15) is 14.9 Å². The van der Waals surface area contributed by atoms with E-state index in [2.05, 4.69) is 27.0 Å². The van der Waals surface area contributed by atoms with E-state index in [1.54, 1.807) is 5.51 Å². The van der Waals surface area contributed by atoms with Gasteiger partial charge in [-0.05, 0) is 19.5 Å². The molecule has 32 heavy (non-hydrogen) atoms. The molecule has 0 aliphatic carbocycles. The first kappa shape index (κ1) is 23.9. The summed E-state index contributed by atoms with van der Waals surface area (Å²) in [5.74, 6) is -0.0587. The number of aromatic nitrogens is 1. The number of benzene rings is 1. The van der Waals surface area contributed by atoms with Crippen LogP contribution in [0.1, 0.15) is 29.4 Å². The normalized spacial score (nSPS) is 14.8. The fourth-order valence-electron chi connectivity index (χ4n) is 3.54. The molecule has 0 bridgehead atoms. The number of nitrogens with one attached hydrogen (secondary N) is 1. The number of nitro benzene ring substituents is 1. The second kappa shape index (κ2) is 11.7. The summed E-state index contributed by atoms with van der Waals surface area (Å²) in [6.45, 7) is 8.87. The van der Waals surface area contributed by atoms with Crippen molar-refractivity contribution in [1.82, 2.24) is 20.1 Å². The van der Waals surface area contributed by atoms with Crippen LogP contribution in [0, 0.1) is 10.1 Å². The van der Waals surface area contributed by atoms with Crippen LogP contribution in [-0.4, -0.2) is 78.5 Å². The van der Waals surface area contributed by atoms with Crippen molar-refractivity contribution < 1.29 is 19.2 Å². The van der Waals surface area contributed by atoms with Crippen molar-refractivity contribution >= 4 is 22.9 Å². The molecular formula is C21H29N5O5S. The minimum absolute atomic E-state index is 0.0515. The van der Waals surface area contributed by atoms with E-state index in [-0.39, 0.29) is 29.4 Å². The number of nitrogens with zero attached hydrogens (tertiary/aromatic N) is 4. The van der Waals surface area contributed by atoms with Gasteiger partial charge in [-0.3, -0.25) is 14.9 Å². The highest BCUT2D eigenvalue weighted by molar-refractivity contribution is 7.07. The molecule has 0 saturated carbocycles. The zero-order valence-corrected chi connectivity index (χ0v) is 19.2. The van der Waals surface area contributed by atoms with Gasteiger partial charge in [0.1, 0.15) is 12.2 Å². The number of methoxy groups -OCH3 is 1. The van der Waals surface area contributed by atoms with Gasteiger partial charge in [0.25, 0.3) is 11.6 Å². The average molecular weight is 464 g/mol. The molecule has 1 fully saturated rings. The largest absolute Gasteiger partial charge is 0.493 e. The second-order valence-electron chi connectivity index (χ2n) is 7.43. The number of hydrogen-bond acceptors (Lipinski definition) is 9. The van der Waals surface area contributed by atoms with Crippen molar-refractivity contribution in [3.63, 3.8) is 0 Å². The zero-order valence-electron chi connectivity index (χ0n) is 18.4. The first-order valence-corrected chi connectivity index (χ1v) is 11.5. The molecule has 0 spiro atoms.